The van der Waals surface area contributed by atoms with E-state index in [0.717, 1.165) is 5.01 Å². The van der Waals surface area contributed by atoms with E-state index in [-0.39, 0.29) is 23.3 Å². The van der Waals surface area contributed by atoms with E-state index in [9.17, 15) is 9.59 Å². The van der Waals surface area contributed by atoms with Crippen molar-refractivity contribution in [3.63, 3.8) is 0 Å². The standard InChI is InChI=1S/C15H18N4O4S2/c1-9-18-19-15(25-9)17-14(21)8-24-7-13(20)16-10-4-5-11(22-2)12(6-10)23-3/h4-6H,7-8H2,1-3H3,(H,16,20)(H,17,19,21). The maximum Gasteiger partial charge on any atom is 0.236 e. The molecule has 8 nitrogen and oxygen atoms in total. The third-order valence-electron chi connectivity index (χ3n) is 2.91. The van der Waals surface area contributed by atoms with E-state index < -0.39 is 0 Å². The number of ether oxygens (including phenoxy) is 2. The summed E-state index contributed by atoms with van der Waals surface area (Å²) in [7, 11) is 3.07. The van der Waals surface area contributed by atoms with Crippen LogP contribution in [0.15, 0.2) is 18.2 Å². The van der Waals surface area contributed by atoms with Gasteiger partial charge in [0.1, 0.15) is 5.01 Å². The third kappa shape index (κ3) is 5.91. The number of amides is 2. The molecule has 0 saturated carbocycles. The van der Waals surface area contributed by atoms with E-state index in [1.165, 1.54) is 30.2 Å². The Morgan fingerprint density at radius 3 is 2.36 bits per heavy atom. The smallest absolute Gasteiger partial charge is 0.236 e. The van der Waals surface area contributed by atoms with Gasteiger partial charge in [0.05, 0.1) is 25.7 Å². The first-order valence-electron chi connectivity index (χ1n) is 7.21. The van der Waals surface area contributed by atoms with Crippen LogP contribution in [0.3, 0.4) is 0 Å². The summed E-state index contributed by atoms with van der Waals surface area (Å²) in [5, 5.41) is 14.2. The van der Waals surface area contributed by atoms with Crippen LogP contribution < -0.4 is 20.1 Å². The van der Waals surface area contributed by atoms with Gasteiger partial charge in [0.2, 0.25) is 16.9 Å². The van der Waals surface area contributed by atoms with Crippen molar-refractivity contribution >= 4 is 45.7 Å². The predicted molar refractivity (Wildman–Crippen MR) is 98.8 cm³/mol. The van der Waals surface area contributed by atoms with Gasteiger partial charge in [-0.05, 0) is 19.1 Å². The van der Waals surface area contributed by atoms with Crippen molar-refractivity contribution in [2.45, 2.75) is 6.92 Å². The van der Waals surface area contributed by atoms with Crippen molar-refractivity contribution in [2.75, 3.05) is 36.4 Å². The molecule has 10 heteroatoms. The molecule has 0 bridgehead atoms. The molecule has 25 heavy (non-hydrogen) atoms. The molecular weight excluding hydrogens is 364 g/mol. The third-order valence-corrected chi connectivity index (χ3v) is 4.59. The molecule has 1 heterocycles. The van der Waals surface area contributed by atoms with Crippen LogP contribution in [0, 0.1) is 6.92 Å². The Bertz CT molecular complexity index is 751. The summed E-state index contributed by atoms with van der Waals surface area (Å²) in [6, 6.07) is 5.10. The molecule has 2 N–H and O–H groups in total. The molecule has 2 aromatic rings. The van der Waals surface area contributed by atoms with E-state index in [4.69, 9.17) is 9.47 Å². The fourth-order valence-corrected chi connectivity index (χ4v) is 3.08. The molecule has 134 valence electrons. The van der Waals surface area contributed by atoms with Gasteiger partial charge in [-0.2, -0.15) is 0 Å². The molecule has 0 radical (unpaired) electrons. The molecule has 0 aliphatic rings. The SMILES string of the molecule is COc1ccc(NC(=O)CSCC(=O)Nc2nnc(C)s2)cc1OC. The second kappa shape index (κ2) is 9.23. The summed E-state index contributed by atoms with van der Waals surface area (Å²) in [6.45, 7) is 1.81. The van der Waals surface area contributed by atoms with Crippen LogP contribution in [0.4, 0.5) is 10.8 Å². The van der Waals surface area contributed by atoms with Gasteiger partial charge in [0.25, 0.3) is 0 Å². The van der Waals surface area contributed by atoms with Crippen molar-refractivity contribution < 1.29 is 19.1 Å². The first-order valence-corrected chi connectivity index (χ1v) is 9.18. The van der Waals surface area contributed by atoms with Crippen molar-refractivity contribution in [2.24, 2.45) is 0 Å². The van der Waals surface area contributed by atoms with Crippen LogP contribution in [0.5, 0.6) is 11.5 Å². The summed E-state index contributed by atoms with van der Waals surface area (Å²) in [5.74, 6) is 0.976. The first kappa shape index (κ1) is 19.0. The highest BCUT2D eigenvalue weighted by Crippen LogP contribution is 2.29. The quantitative estimate of drug-likeness (QED) is 0.721. The van der Waals surface area contributed by atoms with Crippen molar-refractivity contribution in [3.05, 3.63) is 23.2 Å². The van der Waals surface area contributed by atoms with Gasteiger partial charge in [-0.3, -0.25) is 14.9 Å². The lowest BCUT2D eigenvalue weighted by molar-refractivity contribution is -0.114. The highest BCUT2D eigenvalue weighted by atomic mass is 32.2. The minimum Gasteiger partial charge on any atom is -0.493 e. The Hall–Kier alpha value is -2.33. The Morgan fingerprint density at radius 1 is 1.08 bits per heavy atom. The number of rotatable bonds is 8. The van der Waals surface area contributed by atoms with Crippen LogP contribution in [0.25, 0.3) is 0 Å². The number of anilines is 2. The summed E-state index contributed by atoms with van der Waals surface area (Å²) in [6.07, 6.45) is 0. The Morgan fingerprint density at radius 2 is 1.76 bits per heavy atom. The summed E-state index contributed by atoms with van der Waals surface area (Å²) >= 11 is 2.51. The van der Waals surface area contributed by atoms with Crippen LogP contribution in [0.1, 0.15) is 5.01 Å². The van der Waals surface area contributed by atoms with Gasteiger partial charge in [0, 0.05) is 11.8 Å². The van der Waals surface area contributed by atoms with Crippen LogP contribution in [-0.2, 0) is 9.59 Å². The molecule has 0 saturated heterocycles. The maximum absolute atomic E-state index is 12.0. The molecule has 0 spiro atoms. The number of methoxy groups -OCH3 is 2. The number of carbonyl (C=O) groups excluding carboxylic acids is 2. The van der Waals surface area contributed by atoms with Gasteiger partial charge >= 0.3 is 0 Å². The average Bonchev–Trinajstić information content (AvgIpc) is 2.99. The molecule has 1 aromatic carbocycles. The van der Waals surface area contributed by atoms with Gasteiger partial charge < -0.3 is 14.8 Å². The lowest BCUT2D eigenvalue weighted by Gasteiger charge is -2.10. The fraction of sp³-hybridized carbons (Fsp3) is 0.333. The first-order chi connectivity index (χ1) is 12.0. The van der Waals surface area contributed by atoms with Crippen LogP contribution in [0.2, 0.25) is 0 Å². The average molecular weight is 382 g/mol. The predicted octanol–water partition coefficient (Wildman–Crippen LogP) is 2.17. The van der Waals surface area contributed by atoms with E-state index >= 15 is 0 Å². The summed E-state index contributed by atoms with van der Waals surface area (Å²) < 4.78 is 10.3. The number of hydrogen-bond donors (Lipinski definition) is 2. The molecule has 1 aromatic heterocycles. The topological polar surface area (TPSA) is 102 Å². The molecule has 0 aliphatic carbocycles. The number of aromatic nitrogens is 2. The molecule has 2 amide bonds. The zero-order valence-electron chi connectivity index (χ0n) is 14.0. The van der Waals surface area contributed by atoms with E-state index in [0.29, 0.717) is 22.3 Å². The monoisotopic (exact) mass is 382 g/mol. The van der Waals surface area contributed by atoms with Crippen molar-refractivity contribution in [1.82, 2.24) is 10.2 Å². The molecule has 0 unspecified atom stereocenters. The van der Waals surface area contributed by atoms with E-state index in [1.807, 2.05) is 0 Å². The number of nitrogens with one attached hydrogen (secondary N) is 2. The van der Waals surface area contributed by atoms with Gasteiger partial charge in [-0.1, -0.05) is 11.3 Å². The summed E-state index contributed by atoms with van der Waals surface area (Å²) in [5.41, 5.74) is 0.594. The molecule has 0 aliphatic heterocycles. The lowest BCUT2D eigenvalue weighted by Crippen LogP contribution is -2.18. The largest absolute Gasteiger partial charge is 0.493 e. The van der Waals surface area contributed by atoms with Gasteiger partial charge in [0.15, 0.2) is 11.5 Å². The second-order valence-electron chi connectivity index (χ2n) is 4.79. The zero-order chi connectivity index (χ0) is 18.2. The number of benzene rings is 1. The second-order valence-corrected chi connectivity index (χ2v) is 6.95. The van der Waals surface area contributed by atoms with E-state index in [2.05, 4.69) is 20.8 Å². The molecule has 0 atom stereocenters. The van der Waals surface area contributed by atoms with Crippen molar-refractivity contribution in [1.29, 1.82) is 0 Å². The fourth-order valence-electron chi connectivity index (χ4n) is 1.85. The number of thioether (sulfide) groups is 1. The summed E-state index contributed by atoms with van der Waals surface area (Å²) in [4.78, 5) is 23.7. The van der Waals surface area contributed by atoms with Gasteiger partial charge in [-0.25, -0.2) is 0 Å². The minimum atomic E-state index is -0.222. The molecule has 0 fully saturated rings. The number of aryl methyl sites for hydroxylation is 1. The number of hydrogen-bond acceptors (Lipinski definition) is 8. The van der Waals surface area contributed by atoms with E-state index in [1.54, 1.807) is 32.2 Å². The lowest BCUT2D eigenvalue weighted by atomic mass is 10.2. The van der Waals surface area contributed by atoms with Crippen LogP contribution in [-0.4, -0.2) is 47.7 Å². The zero-order valence-corrected chi connectivity index (χ0v) is 15.6. The normalized spacial score (nSPS) is 10.2. The Balaban J connectivity index is 1.76. The van der Waals surface area contributed by atoms with Crippen LogP contribution >= 0.6 is 23.1 Å². The van der Waals surface area contributed by atoms with Crippen molar-refractivity contribution in [3.8, 4) is 11.5 Å². The maximum atomic E-state index is 12.0. The number of nitrogens with zero attached hydrogens (tertiary/aromatic N) is 2. The number of carbonyl (C=O) groups is 2. The molecular formula is C15H18N4O4S2. The molecule has 2 rings (SSSR count). The van der Waals surface area contributed by atoms with Gasteiger partial charge in [-0.15, -0.1) is 22.0 Å². The highest BCUT2D eigenvalue weighted by Gasteiger charge is 2.10. The highest BCUT2D eigenvalue weighted by molar-refractivity contribution is 8.00. The Labute approximate surface area is 153 Å². The Kier molecular flexibility index (Phi) is 7.02. The minimum absolute atomic E-state index is 0.150.